The highest BCUT2D eigenvalue weighted by molar-refractivity contribution is 8.13. The van der Waals surface area contributed by atoms with E-state index in [0.717, 1.165) is 22.9 Å². The van der Waals surface area contributed by atoms with Crippen LogP contribution in [0.5, 0.6) is 0 Å². The van der Waals surface area contributed by atoms with Gasteiger partial charge in [-0.25, -0.2) is 9.38 Å². The van der Waals surface area contributed by atoms with Crippen molar-refractivity contribution < 1.29 is 9.18 Å². The Labute approximate surface area is 152 Å². The summed E-state index contributed by atoms with van der Waals surface area (Å²) in [5, 5.41) is -0.0652. The normalized spacial score (nSPS) is 11.5. The monoisotopic (exact) mass is 383 g/mol. The van der Waals surface area contributed by atoms with Gasteiger partial charge in [0.05, 0.1) is 10.7 Å². The first kappa shape index (κ1) is 18.6. The maximum absolute atomic E-state index is 13.1. The van der Waals surface area contributed by atoms with E-state index in [1.165, 1.54) is 30.0 Å². The number of carbonyl (C=O) groups is 1. The molecule has 0 spiro atoms. The van der Waals surface area contributed by atoms with E-state index in [9.17, 15) is 9.18 Å². The first-order valence-electron chi connectivity index (χ1n) is 6.86. The van der Waals surface area contributed by atoms with Crippen molar-refractivity contribution in [3.63, 3.8) is 0 Å². The number of amides is 1. The van der Waals surface area contributed by atoms with Gasteiger partial charge in [-0.05, 0) is 29.3 Å². The minimum atomic E-state index is -0.497. The summed E-state index contributed by atoms with van der Waals surface area (Å²) in [6.45, 7) is 0. The van der Waals surface area contributed by atoms with Gasteiger partial charge in [0.2, 0.25) is 0 Å². The third-order valence-electron chi connectivity index (χ3n) is 3.01. The molecule has 1 amide bonds. The molecule has 0 aliphatic rings. The van der Waals surface area contributed by atoms with E-state index >= 15 is 0 Å². The fourth-order valence-electron chi connectivity index (χ4n) is 1.85. The second-order valence-electron chi connectivity index (χ2n) is 4.71. The van der Waals surface area contributed by atoms with Gasteiger partial charge in [0, 0.05) is 11.5 Å². The molecular formula is C16H15ClFN3OS2. The molecule has 0 saturated carbocycles. The average molecular weight is 384 g/mol. The van der Waals surface area contributed by atoms with E-state index in [0.29, 0.717) is 22.4 Å². The Kier molecular flexibility index (Phi) is 6.96. The van der Waals surface area contributed by atoms with Crippen LogP contribution in [0.2, 0.25) is 5.02 Å². The highest BCUT2D eigenvalue weighted by Crippen LogP contribution is 2.24. The van der Waals surface area contributed by atoms with Crippen LogP contribution >= 0.6 is 35.1 Å². The molecule has 0 aliphatic heterocycles. The number of nitrogens with zero attached hydrogens (tertiary/aromatic N) is 1. The zero-order valence-corrected chi connectivity index (χ0v) is 14.9. The van der Waals surface area contributed by atoms with E-state index in [1.54, 1.807) is 0 Å². The van der Waals surface area contributed by atoms with E-state index in [4.69, 9.17) is 23.1 Å². The summed E-state index contributed by atoms with van der Waals surface area (Å²) < 4.78 is 13.1. The van der Waals surface area contributed by atoms with E-state index in [2.05, 4.69) is 4.99 Å². The SMILES string of the molecule is NC(=O)SCc1ccccc1CS/C(N)=N/c1ccc(F)c(Cl)c1. The summed E-state index contributed by atoms with van der Waals surface area (Å²) in [6, 6.07) is 11.9. The molecule has 2 rings (SSSR count). The topological polar surface area (TPSA) is 81.5 Å². The molecule has 2 aromatic rings. The molecule has 24 heavy (non-hydrogen) atoms. The lowest BCUT2D eigenvalue weighted by molar-refractivity contribution is 0.267. The predicted molar refractivity (Wildman–Crippen MR) is 101 cm³/mol. The van der Waals surface area contributed by atoms with Crippen molar-refractivity contribution in [2.75, 3.05) is 0 Å². The van der Waals surface area contributed by atoms with Crippen molar-refractivity contribution in [2.24, 2.45) is 16.5 Å². The largest absolute Gasteiger partial charge is 0.378 e. The van der Waals surface area contributed by atoms with Crippen molar-refractivity contribution in [3.05, 3.63) is 64.4 Å². The molecule has 0 heterocycles. The summed E-state index contributed by atoms with van der Waals surface area (Å²) in [7, 11) is 0. The molecule has 0 atom stereocenters. The Balaban J connectivity index is 2.03. The van der Waals surface area contributed by atoms with Crippen LogP contribution in [0.25, 0.3) is 0 Å². The van der Waals surface area contributed by atoms with Crippen molar-refractivity contribution >= 4 is 51.2 Å². The van der Waals surface area contributed by atoms with Gasteiger partial charge in [-0.3, -0.25) is 4.79 Å². The van der Waals surface area contributed by atoms with E-state index in [1.807, 2.05) is 24.3 Å². The zero-order valence-electron chi connectivity index (χ0n) is 12.5. The lowest BCUT2D eigenvalue weighted by atomic mass is 10.1. The molecule has 0 unspecified atom stereocenters. The Morgan fingerprint density at radius 1 is 1.08 bits per heavy atom. The number of nitrogens with two attached hydrogens (primary N) is 2. The third-order valence-corrected chi connectivity index (χ3v) is 4.88. The number of rotatable bonds is 5. The van der Waals surface area contributed by atoms with E-state index < -0.39 is 11.1 Å². The number of halogens is 2. The summed E-state index contributed by atoms with van der Waals surface area (Å²) in [5.74, 6) is 0.610. The van der Waals surface area contributed by atoms with Crippen LogP contribution in [0.15, 0.2) is 47.5 Å². The number of hydrogen-bond donors (Lipinski definition) is 2. The number of amidine groups is 1. The molecule has 0 aliphatic carbocycles. The molecule has 2 aromatic carbocycles. The second-order valence-corrected chi connectivity index (χ2v) is 7.10. The molecule has 0 aromatic heterocycles. The molecule has 0 radical (unpaired) electrons. The fraction of sp³-hybridized carbons (Fsp3) is 0.125. The van der Waals surface area contributed by atoms with Gasteiger partial charge in [-0.2, -0.15) is 0 Å². The molecule has 0 bridgehead atoms. The number of primary amides is 1. The standard InChI is InChI=1S/C16H15ClFN3OS2/c17-13-7-12(5-6-14(13)18)21-15(19)23-8-10-3-1-2-4-11(10)9-24-16(20)22/h1-7H,8-9H2,(H2,19,21)(H2,20,22). The van der Waals surface area contributed by atoms with Crippen molar-refractivity contribution in [2.45, 2.75) is 11.5 Å². The van der Waals surface area contributed by atoms with Gasteiger partial charge in [0.1, 0.15) is 5.82 Å². The average Bonchev–Trinajstić information content (AvgIpc) is 2.55. The molecule has 0 saturated heterocycles. The maximum Gasteiger partial charge on any atom is 0.276 e. The van der Waals surface area contributed by atoms with E-state index in [-0.39, 0.29) is 5.02 Å². The summed E-state index contributed by atoms with van der Waals surface area (Å²) >= 11 is 8.12. The lowest BCUT2D eigenvalue weighted by Gasteiger charge is -2.08. The quantitative estimate of drug-likeness (QED) is 0.580. The van der Waals surface area contributed by atoms with Gasteiger partial charge in [-0.15, -0.1) is 0 Å². The van der Waals surface area contributed by atoms with Gasteiger partial charge in [0.15, 0.2) is 5.17 Å². The van der Waals surface area contributed by atoms with Gasteiger partial charge in [0.25, 0.3) is 5.24 Å². The minimum Gasteiger partial charge on any atom is -0.378 e. The number of carbonyl (C=O) groups excluding carboxylic acids is 1. The number of aliphatic imine (C=N–C) groups is 1. The second kappa shape index (κ2) is 8.96. The first-order chi connectivity index (χ1) is 11.5. The van der Waals surface area contributed by atoms with Crippen molar-refractivity contribution in [1.82, 2.24) is 0 Å². The number of benzene rings is 2. The first-order valence-corrected chi connectivity index (χ1v) is 9.21. The summed E-state index contributed by atoms with van der Waals surface area (Å²) in [6.07, 6.45) is 0. The smallest absolute Gasteiger partial charge is 0.276 e. The predicted octanol–water partition coefficient (Wildman–Crippen LogP) is 4.67. The Bertz CT molecular complexity index is 771. The Hall–Kier alpha value is -1.70. The molecule has 126 valence electrons. The van der Waals surface area contributed by atoms with Crippen LogP contribution in [0.1, 0.15) is 11.1 Å². The molecule has 4 nitrogen and oxygen atoms in total. The van der Waals surface area contributed by atoms with Crippen LogP contribution in [0, 0.1) is 5.82 Å². The van der Waals surface area contributed by atoms with Gasteiger partial charge >= 0.3 is 0 Å². The number of hydrogen-bond acceptors (Lipinski definition) is 4. The Morgan fingerprint density at radius 3 is 2.29 bits per heavy atom. The van der Waals surface area contributed by atoms with Crippen molar-refractivity contribution in [1.29, 1.82) is 0 Å². The highest BCUT2D eigenvalue weighted by atomic mass is 35.5. The van der Waals surface area contributed by atoms with Crippen LogP contribution in [0.3, 0.4) is 0 Å². The highest BCUT2D eigenvalue weighted by Gasteiger charge is 2.06. The third kappa shape index (κ3) is 5.74. The molecule has 0 fully saturated rings. The van der Waals surface area contributed by atoms with Gasteiger partial charge < -0.3 is 11.5 Å². The van der Waals surface area contributed by atoms with Crippen LogP contribution < -0.4 is 11.5 Å². The summed E-state index contributed by atoms with van der Waals surface area (Å²) in [5.41, 5.74) is 13.6. The minimum absolute atomic E-state index is 0.00266. The maximum atomic E-state index is 13.1. The lowest BCUT2D eigenvalue weighted by Crippen LogP contribution is -2.07. The van der Waals surface area contributed by atoms with Crippen LogP contribution in [0.4, 0.5) is 14.9 Å². The number of thioether (sulfide) groups is 2. The zero-order chi connectivity index (χ0) is 17.5. The van der Waals surface area contributed by atoms with Gasteiger partial charge in [-0.1, -0.05) is 59.4 Å². The Morgan fingerprint density at radius 2 is 1.71 bits per heavy atom. The van der Waals surface area contributed by atoms with Crippen LogP contribution in [-0.2, 0) is 11.5 Å². The summed E-state index contributed by atoms with van der Waals surface area (Å²) in [4.78, 5) is 15.1. The molecule has 8 heteroatoms. The van der Waals surface area contributed by atoms with Crippen LogP contribution in [-0.4, -0.2) is 10.4 Å². The molecular weight excluding hydrogens is 369 g/mol. The molecule has 4 N–H and O–H groups in total. The van der Waals surface area contributed by atoms with Crippen molar-refractivity contribution in [3.8, 4) is 0 Å². The fourth-order valence-corrected chi connectivity index (χ4v) is 3.36.